The van der Waals surface area contributed by atoms with Crippen molar-refractivity contribution in [3.63, 3.8) is 0 Å². The number of hydrogen-bond acceptors (Lipinski definition) is 2. The van der Waals surface area contributed by atoms with Gasteiger partial charge in [-0.15, -0.1) is 0 Å². The highest BCUT2D eigenvalue weighted by molar-refractivity contribution is 6.30. The zero-order chi connectivity index (χ0) is 15.4. The molecule has 0 heterocycles. The highest BCUT2D eigenvalue weighted by Crippen LogP contribution is 2.23. The summed E-state index contributed by atoms with van der Waals surface area (Å²) >= 11 is 5.68. The Morgan fingerprint density at radius 3 is 2.67 bits per heavy atom. The first kappa shape index (κ1) is 15.7. The minimum Gasteiger partial charge on any atom is -0.486 e. The van der Waals surface area contributed by atoms with Gasteiger partial charge in [-0.2, -0.15) is 0 Å². The molecule has 2 aromatic rings. The fraction of sp³-hybridized carbons (Fsp3) is 0.250. The minimum absolute atomic E-state index is 0.0175. The molecule has 0 saturated heterocycles. The van der Waals surface area contributed by atoms with E-state index in [9.17, 15) is 8.78 Å². The molecular weight excluding hydrogens is 296 g/mol. The highest BCUT2D eigenvalue weighted by atomic mass is 35.5. The average Bonchev–Trinajstić information content (AvgIpc) is 2.41. The monoisotopic (exact) mass is 311 g/mol. The van der Waals surface area contributed by atoms with Crippen LogP contribution >= 0.6 is 11.6 Å². The van der Waals surface area contributed by atoms with Crippen LogP contribution in [0, 0.1) is 11.6 Å². The average molecular weight is 312 g/mol. The van der Waals surface area contributed by atoms with Gasteiger partial charge in [-0.3, -0.25) is 0 Å². The Bertz CT molecular complexity index is 632. The summed E-state index contributed by atoms with van der Waals surface area (Å²) in [5.41, 5.74) is 6.74. The molecule has 0 saturated carbocycles. The number of ether oxygens (including phenoxy) is 1. The van der Waals surface area contributed by atoms with Gasteiger partial charge in [0.2, 0.25) is 0 Å². The second-order valence-corrected chi connectivity index (χ2v) is 5.35. The third-order valence-electron chi connectivity index (χ3n) is 2.97. The van der Waals surface area contributed by atoms with E-state index < -0.39 is 11.6 Å². The van der Waals surface area contributed by atoms with Crippen LogP contribution in [0.5, 0.6) is 5.75 Å². The van der Waals surface area contributed by atoms with Gasteiger partial charge in [0.15, 0.2) is 11.6 Å². The van der Waals surface area contributed by atoms with Gasteiger partial charge in [0.25, 0.3) is 0 Å². The Hall–Kier alpha value is -1.65. The fourth-order valence-corrected chi connectivity index (χ4v) is 2.17. The predicted molar refractivity (Wildman–Crippen MR) is 79.5 cm³/mol. The third kappa shape index (κ3) is 4.16. The molecule has 1 atom stereocenters. The van der Waals surface area contributed by atoms with Gasteiger partial charge in [0.05, 0.1) is 5.02 Å². The molecule has 0 aliphatic carbocycles. The van der Waals surface area contributed by atoms with E-state index in [-0.39, 0.29) is 29.0 Å². The van der Waals surface area contributed by atoms with E-state index in [2.05, 4.69) is 0 Å². The zero-order valence-electron chi connectivity index (χ0n) is 11.6. The maximum Gasteiger partial charge on any atom is 0.165 e. The second kappa shape index (κ2) is 6.87. The fourth-order valence-electron chi connectivity index (χ4n) is 1.98. The molecule has 0 aliphatic rings. The summed E-state index contributed by atoms with van der Waals surface area (Å²) in [5.74, 6) is -0.966. The molecule has 0 fully saturated rings. The Morgan fingerprint density at radius 2 is 2.00 bits per heavy atom. The van der Waals surface area contributed by atoms with Gasteiger partial charge in [0, 0.05) is 11.6 Å². The smallest absolute Gasteiger partial charge is 0.165 e. The molecule has 2 aromatic carbocycles. The normalized spacial score (nSPS) is 12.2. The number of benzene rings is 2. The van der Waals surface area contributed by atoms with E-state index in [1.165, 1.54) is 18.2 Å². The maximum absolute atomic E-state index is 13.9. The van der Waals surface area contributed by atoms with Crippen LogP contribution in [-0.4, -0.2) is 6.04 Å². The molecule has 112 valence electrons. The van der Waals surface area contributed by atoms with Gasteiger partial charge >= 0.3 is 0 Å². The third-order valence-corrected chi connectivity index (χ3v) is 3.26. The molecule has 2 rings (SSSR count). The lowest BCUT2D eigenvalue weighted by molar-refractivity contribution is 0.284. The van der Waals surface area contributed by atoms with Crippen molar-refractivity contribution in [1.29, 1.82) is 0 Å². The van der Waals surface area contributed by atoms with E-state index in [0.717, 1.165) is 5.56 Å². The lowest BCUT2D eigenvalue weighted by atomic mass is 10.1. The summed E-state index contributed by atoms with van der Waals surface area (Å²) in [6.45, 7) is 1.76. The molecule has 21 heavy (non-hydrogen) atoms. The van der Waals surface area contributed by atoms with Gasteiger partial charge in [-0.1, -0.05) is 29.8 Å². The Labute approximate surface area is 127 Å². The van der Waals surface area contributed by atoms with Crippen molar-refractivity contribution in [2.24, 2.45) is 5.73 Å². The lowest BCUT2D eigenvalue weighted by Gasteiger charge is -2.11. The van der Waals surface area contributed by atoms with E-state index in [1.54, 1.807) is 18.2 Å². The summed E-state index contributed by atoms with van der Waals surface area (Å²) in [6.07, 6.45) is 0.583. The van der Waals surface area contributed by atoms with E-state index >= 15 is 0 Å². The molecular formula is C16H16ClF2NO. The molecule has 5 heteroatoms. The summed E-state index contributed by atoms with van der Waals surface area (Å²) in [6, 6.07) is 9.22. The number of hydrogen-bond donors (Lipinski definition) is 1. The maximum atomic E-state index is 13.9. The minimum atomic E-state index is -0.548. The van der Waals surface area contributed by atoms with Gasteiger partial charge in [-0.05, 0) is 37.1 Å². The van der Waals surface area contributed by atoms with Gasteiger partial charge in [0.1, 0.15) is 12.4 Å². The standard InChI is InChI=1S/C16H16ClF2NO/c1-10(20)7-11-5-6-15(14(18)8-11)21-9-12-3-2-4-13(17)16(12)19/h2-6,8,10H,7,9,20H2,1H3. The molecule has 2 nitrogen and oxygen atoms in total. The summed E-state index contributed by atoms with van der Waals surface area (Å²) < 4.78 is 32.9. The van der Waals surface area contributed by atoms with Crippen LogP contribution in [0.2, 0.25) is 5.02 Å². The molecule has 0 radical (unpaired) electrons. The Morgan fingerprint density at radius 1 is 1.24 bits per heavy atom. The number of rotatable bonds is 5. The zero-order valence-corrected chi connectivity index (χ0v) is 12.3. The van der Waals surface area contributed by atoms with Crippen molar-refractivity contribution in [3.05, 3.63) is 64.2 Å². The van der Waals surface area contributed by atoms with Crippen LogP contribution < -0.4 is 10.5 Å². The Balaban J connectivity index is 2.08. The van der Waals surface area contributed by atoms with Gasteiger partial charge < -0.3 is 10.5 Å². The molecule has 2 N–H and O–H groups in total. The summed E-state index contributed by atoms with van der Waals surface area (Å²) in [7, 11) is 0. The first-order valence-corrected chi connectivity index (χ1v) is 6.95. The van der Waals surface area contributed by atoms with Crippen molar-refractivity contribution < 1.29 is 13.5 Å². The van der Waals surface area contributed by atoms with Crippen LogP contribution in [0.25, 0.3) is 0 Å². The molecule has 0 aliphatic heterocycles. The number of nitrogens with two attached hydrogens (primary N) is 1. The topological polar surface area (TPSA) is 35.2 Å². The van der Waals surface area contributed by atoms with Crippen LogP contribution in [-0.2, 0) is 13.0 Å². The van der Waals surface area contributed by atoms with Crippen molar-refractivity contribution in [3.8, 4) is 5.75 Å². The first-order valence-electron chi connectivity index (χ1n) is 6.57. The predicted octanol–water partition coefficient (Wildman–Crippen LogP) is 4.09. The lowest BCUT2D eigenvalue weighted by Crippen LogP contribution is -2.17. The molecule has 0 bridgehead atoms. The second-order valence-electron chi connectivity index (χ2n) is 4.95. The quantitative estimate of drug-likeness (QED) is 0.902. The van der Waals surface area contributed by atoms with Crippen molar-refractivity contribution >= 4 is 11.6 Å². The van der Waals surface area contributed by atoms with Crippen molar-refractivity contribution in [2.45, 2.75) is 26.0 Å². The van der Waals surface area contributed by atoms with E-state index in [1.807, 2.05) is 6.92 Å². The van der Waals surface area contributed by atoms with Crippen LogP contribution in [0.4, 0.5) is 8.78 Å². The van der Waals surface area contributed by atoms with Crippen LogP contribution in [0.1, 0.15) is 18.1 Å². The van der Waals surface area contributed by atoms with Crippen LogP contribution in [0.3, 0.4) is 0 Å². The van der Waals surface area contributed by atoms with Crippen molar-refractivity contribution in [1.82, 2.24) is 0 Å². The van der Waals surface area contributed by atoms with E-state index in [4.69, 9.17) is 22.1 Å². The summed E-state index contributed by atoms with van der Waals surface area (Å²) in [5, 5.41) is 0.0175. The van der Waals surface area contributed by atoms with E-state index in [0.29, 0.717) is 6.42 Å². The molecule has 0 spiro atoms. The largest absolute Gasteiger partial charge is 0.486 e. The first-order chi connectivity index (χ1) is 9.97. The molecule has 0 aromatic heterocycles. The molecule has 0 amide bonds. The van der Waals surface area contributed by atoms with Crippen molar-refractivity contribution in [2.75, 3.05) is 0 Å². The summed E-state index contributed by atoms with van der Waals surface area (Å²) in [4.78, 5) is 0. The SMILES string of the molecule is CC(N)Cc1ccc(OCc2cccc(Cl)c2F)c(F)c1. The Kier molecular flexibility index (Phi) is 5.15. The van der Waals surface area contributed by atoms with Gasteiger partial charge in [-0.25, -0.2) is 8.78 Å². The molecule has 1 unspecified atom stereocenters. The van der Waals surface area contributed by atoms with Crippen LogP contribution in [0.15, 0.2) is 36.4 Å². The highest BCUT2D eigenvalue weighted by Gasteiger charge is 2.10. The number of halogens is 3.